The van der Waals surface area contributed by atoms with E-state index in [9.17, 15) is 4.79 Å². The maximum Gasteiger partial charge on any atom is 0.251 e. The second-order valence-electron chi connectivity index (χ2n) is 5.38. The lowest BCUT2D eigenvalue weighted by molar-refractivity contribution is 0.0932. The molecule has 5 heteroatoms. The molecule has 1 atom stereocenters. The van der Waals surface area contributed by atoms with Crippen molar-refractivity contribution in [1.82, 2.24) is 15.5 Å². The Kier molecular flexibility index (Phi) is 4.19. The summed E-state index contributed by atoms with van der Waals surface area (Å²) in [4.78, 5) is 16.6. The molecule has 0 unspecified atom stereocenters. The van der Waals surface area contributed by atoms with E-state index in [1.165, 1.54) is 0 Å². The third-order valence-electron chi connectivity index (χ3n) is 3.51. The van der Waals surface area contributed by atoms with Gasteiger partial charge in [0.25, 0.3) is 5.91 Å². The standard InChI is InChI=1S/C18H17N3O2/c1-12-8-10-15(11-9-12)17(22)19-13(2)18-20-16(21-23-18)14-6-4-3-5-7-14/h3-11,13H,1-2H3,(H,19,22)/t13-/m1/s1. The first kappa shape index (κ1) is 15.0. The normalized spacial score (nSPS) is 11.9. The zero-order valence-electron chi connectivity index (χ0n) is 13.0. The molecule has 3 rings (SSSR count). The second-order valence-corrected chi connectivity index (χ2v) is 5.38. The fourth-order valence-corrected chi connectivity index (χ4v) is 2.16. The fourth-order valence-electron chi connectivity index (χ4n) is 2.16. The largest absolute Gasteiger partial charge is 0.341 e. The Balaban J connectivity index is 1.71. The van der Waals surface area contributed by atoms with E-state index < -0.39 is 0 Å². The van der Waals surface area contributed by atoms with Crippen molar-refractivity contribution in [2.75, 3.05) is 0 Å². The van der Waals surface area contributed by atoms with Crippen molar-refractivity contribution in [3.8, 4) is 11.4 Å². The number of hydrogen-bond acceptors (Lipinski definition) is 4. The first-order chi connectivity index (χ1) is 11.1. The molecule has 116 valence electrons. The van der Waals surface area contributed by atoms with Gasteiger partial charge in [-0.1, -0.05) is 53.2 Å². The quantitative estimate of drug-likeness (QED) is 0.800. The predicted octanol–water partition coefficient (Wildman–Crippen LogP) is 3.54. The molecule has 3 aromatic rings. The Morgan fingerprint density at radius 1 is 1.09 bits per heavy atom. The summed E-state index contributed by atoms with van der Waals surface area (Å²) in [6.45, 7) is 3.79. The highest BCUT2D eigenvalue weighted by atomic mass is 16.5. The minimum Gasteiger partial charge on any atom is -0.341 e. The van der Waals surface area contributed by atoms with Gasteiger partial charge < -0.3 is 9.84 Å². The van der Waals surface area contributed by atoms with Crippen LogP contribution in [0, 0.1) is 6.92 Å². The maximum atomic E-state index is 12.2. The van der Waals surface area contributed by atoms with Gasteiger partial charge in [0.1, 0.15) is 6.04 Å². The van der Waals surface area contributed by atoms with Crippen molar-refractivity contribution < 1.29 is 9.32 Å². The number of benzene rings is 2. The summed E-state index contributed by atoms with van der Waals surface area (Å²) in [5.74, 6) is 0.721. The average molecular weight is 307 g/mol. The van der Waals surface area contributed by atoms with E-state index in [1.807, 2.05) is 56.3 Å². The van der Waals surface area contributed by atoms with Gasteiger partial charge in [-0.05, 0) is 26.0 Å². The van der Waals surface area contributed by atoms with Crippen LogP contribution in [0.15, 0.2) is 59.1 Å². The number of nitrogens with zero attached hydrogens (tertiary/aromatic N) is 2. The number of carbonyl (C=O) groups excluding carboxylic acids is 1. The monoisotopic (exact) mass is 307 g/mol. The molecule has 0 aliphatic heterocycles. The molecule has 0 saturated heterocycles. The van der Waals surface area contributed by atoms with Crippen molar-refractivity contribution in [2.45, 2.75) is 19.9 Å². The van der Waals surface area contributed by atoms with Crippen LogP contribution in [0.5, 0.6) is 0 Å². The molecule has 5 nitrogen and oxygen atoms in total. The molecule has 0 radical (unpaired) electrons. The first-order valence-electron chi connectivity index (χ1n) is 7.40. The third-order valence-corrected chi connectivity index (χ3v) is 3.51. The molecule has 0 saturated carbocycles. The molecule has 0 aliphatic rings. The summed E-state index contributed by atoms with van der Waals surface area (Å²) >= 11 is 0. The number of aromatic nitrogens is 2. The van der Waals surface area contributed by atoms with Crippen LogP contribution in [-0.2, 0) is 0 Å². The highest BCUT2D eigenvalue weighted by molar-refractivity contribution is 5.94. The van der Waals surface area contributed by atoms with E-state index in [4.69, 9.17) is 4.52 Å². The molecular formula is C18H17N3O2. The van der Waals surface area contributed by atoms with Crippen LogP contribution in [0.3, 0.4) is 0 Å². The smallest absolute Gasteiger partial charge is 0.251 e. The van der Waals surface area contributed by atoms with Gasteiger partial charge in [-0.25, -0.2) is 0 Å². The summed E-state index contributed by atoms with van der Waals surface area (Å²) in [5.41, 5.74) is 2.59. The van der Waals surface area contributed by atoms with Gasteiger partial charge in [-0.2, -0.15) is 4.98 Å². The minimum absolute atomic E-state index is 0.169. The molecule has 1 amide bonds. The Morgan fingerprint density at radius 2 is 1.78 bits per heavy atom. The van der Waals surface area contributed by atoms with Crippen LogP contribution in [0.4, 0.5) is 0 Å². The van der Waals surface area contributed by atoms with Gasteiger partial charge in [0.2, 0.25) is 11.7 Å². The SMILES string of the molecule is Cc1ccc(C(=O)N[C@H](C)c2nc(-c3ccccc3)no2)cc1. The summed E-state index contributed by atoms with van der Waals surface area (Å²) in [7, 11) is 0. The maximum absolute atomic E-state index is 12.2. The Bertz CT molecular complexity index is 795. The molecule has 1 heterocycles. The molecular weight excluding hydrogens is 290 g/mol. The van der Waals surface area contributed by atoms with Crippen LogP contribution in [0.25, 0.3) is 11.4 Å². The lowest BCUT2D eigenvalue weighted by atomic mass is 10.1. The second kappa shape index (κ2) is 6.44. The minimum atomic E-state index is -0.367. The Morgan fingerprint density at radius 3 is 2.48 bits per heavy atom. The van der Waals surface area contributed by atoms with Gasteiger partial charge in [0.05, 0.1) is 0 Å². The van der Waals surface area contributed by atoms with Crippen LogP contribution in [0.2, 0.25) is 0 Å². The number of carbonyl (C=O) groups is 1. The van der Waals surface area contributed by atoms with Gasteiger partial charge in [-0.15, -0.1) is 0 Å². The number of rotatable bonds is 4. The van der Waals surface area contributed by atoms with E-state index in [0.29, 0.717) is 17.3 Å². The van der Waals surface area contributed by atoms with E-state index >= 15 is 0 Å². The summed E-state index contributed by atoms with van der Waals surface area (Å²) in [6.07, 6.45) is 0. The molecule has 0 fully saturated rings. The highest BCUT2D eigenvalue weighted by Crippen LogP contribution is 2.18. The summed E-state index contributed by atoms with van der Waals surface area (Å²) < 4.78 is 5.26. The number of hydrogen-bond donors (Lipinski definition) is 1. The average Bonchev–Trinajstić information content (AvgIpc) is 3.06. The molecule has 23 heavy (non-hydrogen) atoms. The third kappa shape index (κ3) is 3.45. The molecule has 0 spiro atoms. The molecule has 0 bridgehead atoms. The van der Waals surface area contributed by atoms with E-state index in [0.717, 1.165) is 11.1 Å². The van der Waals surface area contributed by atoms with Crippen molar-refractivity contribution >= 4 is 5.91 Å². The predicted molar refractivity (Wildman–Crippen MR) is 86.8 cm³/mol. The van der Waals surface area contributed by atoms with Gasteiger partial charge >= 0.3 is 0 Å². The van der Waals surface area contributed by atoms with Gasteiger partial charge in [-0.3, -0.25) is 4.79 Å². The van der Waals surface area contributed by atoms with Gasteiger partial charge in [0, 0.05) is 11.1 Å². The van der Waals surface area contributed by atoms with Crippen LogP contribution >= 0.6 is 0 Å². The van der Waals surface area contributed by atoms with Crippen LogP contribution < -0.4 is 5.32 Å². The van der Waals surface area contributed by atoms with Crippen molar-refractivity contribution in [3.05, 3.63) is 71.6 Å². The zero-order chi connectivity index (χ0) is 16.2. The topological polar surface area (TPSA) is 68.0 Å². The Labute approximate surface area is 134 Å². The number of aryl methyl sites for hydroxylation is 1. The van der Waals surface area contributed by atoms with E-state index in [2.05, 4.69) is 15.5 Å². The van der Waals surface area contributed by atoms with Crippen molar-refractivity contribution in [1.29, 1.82) is 0 Å². The zero-order valence-corrected chi connectivity index (χ0v) is 13.0. The van der Waals surface area contributed by atoms with Crippen molar-refractivity contribution in [3.63, 3.8) is 0 Å². The summed E-state index contributed by atoms with van der Waals surface area (Å²) in [6, 6.07) is 16.6. The Hall–Kier alpha value is -2.95. The number of nitrogens with one attached hydrogen (secondary N) is 1. The highest BCUT2D eigenvalue weighted by Gasteiger charge is 2.18. The van der Waals surface area contributed by atoms with E-state index in [-0.39, 0.29) is 11.9 Å². The van der Waals surface area contributed by atoms with Gasteiger partial charge in [0.15, 0.2) is 0 Å². The van der Waals surface area contributed by atoms with Crippen molar-refractivity contribution in [2.24, 2.45) is 0 Å². The molecule has 0 aliphatic carbocycles. The van der Waals surface area contributed by atoms with E-state index in [1.54, 1.807) is 12.1 Å². The molecule has 2 aromatic carbocycles. The summed E-state index contributed by atoms with van der Waals surface area (Å²) in [5, 5.41) is 6.82. The fraction of sp³-hybridized carbons (Fsp3) is 0.167. The lowest BCUT2D eigenvalue weighted by Crippen LogP contribution is -2.26. The lowest BCUT2D eigenvalue weighted by Gasteiger charge is -2.09. The number of amides is 1. The molecule has 1 aromatic heterocycles. The molecule has 1 N–H and O–H groups in total. The van der Waals surface area contributed by atoms with Crippen LogP contribution in [-0.4, -0.2) is 16.0 Å². The van der Waals surface area contributed by atoms with Crippen LogP contribution in [0.1, 0.15) is 34.8 Å². The first-order valence-corrected chi connectivity index (χ1v) is 7.40.